The largest absolute Gasteiger partial charge is 0.310 e. The second-order valence-corrected chi connectivity index (χ2v) is 2.44. The van der Waals surface area contributed by atoms with Gasteiger partial charge in [0, 0.05) is 18.7 Å². The van der Waals surface area contributed by atoms with E-state index in [1.165, 1.54) is 31.4 Å². The summed E-state index contributed by atoms with van der Waals surface area (Å²) < 4.78 is 0. The van der Waals surface area contributed by atoms with Crippen LogP contribution in [0.15, 0.2) is 5.10 Å². The summed E-state index contributed by atoms with van der Waals surface area (Å²) in [6.45, 7) is 3.27. The first-order valence-corrected chi connectivity index (χ1v) is 3.71. The molecule has 0 saturated heterocycles. The lowest BCUT2D eigenvalue weighted by atomic mass is 10.1. The van der Waals surface area contributed by atoms with E-state index >= 15 is 0 Å². The topological polar surface area (TPSA) is 24.4 Å². The normalized spacial score (nSPS) is 17.2. The maximum atomic E-state index is 4.14. The molecule has 52 valence electrons. The van der Waals surface area contributed by atoms with Gasteiger partial charge in [0.25, 0.3) is 0 Å². The predicted octanol–water partition coefficient (Wildman–Crippen LogP) is 1.53. The third kappa shape index (κ3) is 2.04. The van der Waals surface area contributed by atoms with Crippen LogP contribution in [0, 0.1) is 0 Å². The molecule has 0 radical (unpaired) electrons. The third-order valence-electron chi connectivity index (χ3n) is 1.58. The van der Waals surface area contributed by atoms with Gasteiger partial charge in [-0.3, -0.25) is 0 Å². The van der Waals surface area contributed by atoms with Gasteiger partial charge in [-0.05, 0) is 12.8 Å². The van der Waals surface area contributed by atoms with Crippen molar-refractivity contribution in [3.05, 3.63) is 0 Å². The highest BCUT2D eigenvalue weighted by molar-refractivity contribution is 5.85. The zero-order chi connectivity index (χ0) is 6.53. The number of nitrogens with zero attached hydrogens (tertiary/aromatic N) is 1. The zero-order valence-corrected chi connectivity index (χ0v) is 5.98. The Bertz CT molecular complexity index is 107. The van der Waals surface area contributed by atoms with E-state index in [4.69, 9.17) is 0 Å². The summed E-state index contributed by atoms with van der Waals surface area (Å²) in [5.41, 5.74) is 4.33. The summed E-state index contributed by atoms with van der Waals surface area (Å²) in [5, 5.41) is 4.14. The summed E-state index contributed by atoms with van der Waals surface area (Å²) in [6, 6.07) is 0. The van der Waals surface area contributed by atoms with Crippen molar-refractivity contribution in [2.45, 2.75) is 32.6 Å². The molecular formula is C7H14N2. The molecule has 0 aromatic carbocycles. The van der Waals surface area contributed by atoms with Gasteiger partial charge in [0.05, 0.1) is 0 Å². The Morgan fingerprint density at radius 3 is 3.11 bits per heavy atom. The molecule has 9 heavy (non-hydrogen) atoms. The van der Waals surface area contributed by atoms with Crippen LogP contribution in [-0.4, -0.2) is 12.3 Å². The maximum Gasteiger partial charge on any atom is 0.0396 e. The van der Waals surface area contributed by atoms with Crippen LogP contribution in [-0.2, 0) is 0 Å². The molecule has 1 N–H and O–H groups in total. The molecule has 0 aromatic heterocycles. The zero-order valence-electron chi connectivity index (χ0n) is 5.98. The van der Waals surface area contributed by atoms with E-state index in [0.29, 0.717) is 0 Å². The molecule has 0 atom stereocenters. The van der Waals surface area contributed by atoms with Crippen molar-refractivity contribution in [1.82, 2.24) is 5.43 Å². The number of unbranched alkanes of at least 4 members (excludes halogenated alkanes) is 1. The first kappa shape index (κ1) is 6.59. The molecule has 1 rings (SSSR count). The Morgan fingerprint density at radius 2 is 2.56 bits per heavy atom. The SMILES string of the molecule is CCCCC1=NNCC1. The predicted molar refractivity (Wildman–Crippen MR) is 39.6 cm³/mol. The van der Waals surface area contributed by atoms with Gasteiger partial charge in [-0.15, -0.1) is 0 Å². The van der Waals surface area contributed by atoms with Gasteiger partial charge in [-0.1, -0.05) is 13.3 Å². The minimum Gasteiger partial charge on any atom is -0.310 e. The van der Waals surface area contributed by atoms with E-state index < -0.39 is 0 Å². The average Bonchev–Trinajstić information content (AvgIpc) is 2.34. The van der Waals surface area contributed by atoms with Gasteiger partial charge in [0.15, 0.2) is 0 Å². The second kappa shape index (κ2) is 3.49. The third-order valence-corrected chi connectivity index (χ3v) is 1.58. The Balaban J connectivity index is 2.11. The molecule has 0 spiro atoms. The summed E-state index contributed by atoms with van der Waals surface area (Å²) >= 11 is 0. The smallest absolute Gasteiger partial charge is 0.0396 e. The Labute approximate surface area is 56.3 Å². The van der Waals surface area contributed by atoms with Gasteiger partial charge >= 0.3 is 0 Å². The van der Waals surface area contributed by atoms with Crippen LogP contribution < -0.4 is 5.43 Å². The first-order chi connectivity index (χ1) is 4.43. The van der Waals surface area contributed by atoms with Crippen molar-refractivity contribution in [1.29, 1.82) is 0 Å². The molecule has 2 nitrogen and oxygen atoms in total. The summed E-state index contributed by atoms with van der Waals surface area (Å²) in [4.78, 5) is 0. The van der Waals surface area contributed by atoms with Crippen molar-refractivity contribution >= 4 is 5.71 Å². The Morgan fingerprint density at radius 1 is 1.67 bits per heavy atom. The molecule has 0 aromatic rings. The average molecular weight is 126 g/mol. The molecular weight excluding hydrogens is 112 g/mol. The molecule has 1 aliphatic heterocycles. The molecule has 0 bridgehead atoms. The van der Waals surface area contributed by atoms with Crippen LogP contribution in [0.3, 0.4) is 0 Å². The van der Waals surface area contributed by atoms with E-state index in [0.717, 1.165) is 6.54 Å². The molecule has 0 aliphatic carbocycles. The number of hydrogen-bond donors (Lipinski definition) is 1. The lowest BCUT2D eigenvalue weighted by Crippen LogP contribution is -1.96. The molecule has 1 heterocycles. The fraction of sp³-hybridized carbons (Fsp3) is 0.857. The van der Waals surface area contributed by atoms with E-state index in [9.17, 15) is 0 Å². The highest BCUT2D eigenvalue weighted by atomic mass is 15.3. The van der Waals surface area contributed by atoms with Crippen LogP contribution in [0.5, 0.6) is 0 Å². The number of nitrogens with one attached hydrogen (secondary N) is 1. The minimum absolute atomic E-state index is 1.05. The summed E-state index contributed by atoms with van der Waals surface area (Å²) in [6.07, 6.45) is 4.93. The fourth-order valence-electron chi connectivity index (χ4n) is 0.986. The fourth-order valence-corrected chi connectivity index (χ4v) is 0.986. The van der Waals surface area contributed by atoms with E-state index in [1.54, 1.807) is 0 Å². The van der Waals surface area contributed by atoms with E-state index in [2.05, 4.69) is 17.5 Å². The Hall–Kier alpha value is -0.530. The van der Waals surface area contributed by atoms with Gasteiger partial charge in [0.1, 0.15) is 0 Å². The lowest BCUT2D eigenvalue weighted by molar-refractivity contribution is 0.813. The minimum atomic E-state index is 1.05. The van der Waals surface area contributed by atoms with Crippen LogP contribution in [0.25, 0.3) is 0 Å². The number of rotatable bonds is 3. The maximum absolute atomic E-state index is 4.14. The van der Waals surface area contributed by atoms with Gasteiger partial charge < -0.3 is 5.43 Å². The summed E-state index contributed by atoms with van der Waals surface area (Å²) in [5.74, 6) is 0. The van der Waals surface area contributed by atoms with Crippen molar-refractivity contribution in [3.8, 4) is 0 Å². The molecule has 0 unspecified atom stereocenters. The van der Waals surface area contributed by atoms with E-state index in [1.807, 2.05) is 0 Å². The van der Waals surface area contributed by atoms with Crippen molar-refractivity contribution in [2.24, 2.45) is 5.10 Å². The van der Waals surface area contributed by atoms with Gasteiger partial charge in [-0.25, -0.2) is 0 Å². The monoisotopic (exact) mass is 126 g/mol. The standard InChI is InChI=1S/C7H14N2/c1-2-3-4-7-5-6-8-9-7/h8H,2-6H2,1H3. The quantitative estimate of drug-likeness (QED) is 0.609. The van der Waals surface area contributed by atoms with Crippen LogP contribution >= 0.6 is 0 Å². The van der Waals surface area contributed by atoms with Crippen molar-refractivity contribution < 1.29 is 0 Å². The molecule has 0 amide bonds. The van der Waals surface area contributed by atoms with Gasteiger partial charge in [0.2, 0.25) is 0 Å². The van der Waals surface area contributed by atoms with Crippen LogP contribution in [0.4, 0.5) is 0 Å². The Kier molecular flexibility index (Phi) is 2.55. The highest BCUT2D eigenvalue weighted by Gasteiger charge is 2.03. The summed E-state index contributed by atoms with van der Waals surface area (Å²) in [7, 11) is 0. The lowest BCUT2D eigenvalue weighted by Gasteiger charge is -1.93. The highest BCUT2D eigenvalue weighted by Crippen LogP contribution is 2.02. The first-order valence-electron chi connectivity index (χ1n) is 3.71. The second-order valence-electron chi connectivity index (χ2n) is 2.44. The van der Waals surface area contributed by atoms with Crippen molar-refractivity contribution in [2.75, 3.05) is 6.54 Å². The van der Waals surface area contributed by atoms with E-state index in [-0.39, 0.29) is 0 Å². The molecule has 2 heteroatoms. The van der Waals surface area contributed by atoms with Gasteiger partial charge in [-0.2, -0.15) is 5.10 Å². The van der Waals surface area contributed by atoms with Crippen LogP contribution in [0.1, 0.15) is 32.6 Å². The molecule has 0 saturated carbocycles. The van der Waals surface area contributed by atoms with Crippen LogP contribution in [0.2, 0.25) is 0 Å². The number of hydrazone groups is 1. The van der Waals surface area contributed by atoms with Crippen molar-refractivity contribution in [3.63, 3.8) is 0 Å². The molecule has 0 fully saturated rings. The molecule has 1 aliphatic rings. The number of hydrogen-bond acceptors (Lipinski definition) is 2.